The summed E-state index contributed by atoms with van der Waals surface area (Å²) in [7, 11) is 1.70. The Hall–Kier alpha value is -4.52. The fourth-order valence-electron chi connectivity index (χ4n) is 6.09. The van der Waals surface area contributed by atoms with Crippen molar-refractivity contribution >= 4 is 39.4 Å². The van der Waals surface area contributed by atoms with Crippen LogP contribution >= 0.6 is 11.3 Å². The number of aliphatic hydroxyl groups excluding tert-OH is 1. The van der Waals surface area contributed by atoms with Crippen molar-refractivity contribution in [3.05, 3.63) is 94.5 Å². The number of nitrogens with zero attached hydrogens (tertiary/aromatic N) is 5. The lowest BCUT2D eigenvalue weighted by Crippen LogP contribution is -2.76. The number of aromatic hydroxyl groups is 1. The molecule has 0 bridgehead atoms. The van der Waals surface area contributed by atoms with Crippen LogP contribution in [0.15, 0.2) is 72.2 Å². The second-order valence-electron chi connectivity index (χ2n) is 11.1. The van der Waals surface area contributed by atoms with E-state index in [0.29, 0.717) is 12.1 Å². The van der Waals surface area contributed by atoms with Gasteiger partial charge < -0.3 is 25.3 Å². The number of fused-ring (bicyclic) bond motifs is 2. The van der Waals surface area contributed by atoms with Gasteiger partial charge in [-0.25, -0.2) is 19.8 Å². The first-order chi connectivity index (χ1) is 21.3. The third-order valence-corrected chi connectivity index (χ3v) is 8.99. The van der Waals surface area contributed by atoms with Crippen molar-refractivity contribution in [1.82, 2.24) is 30.1 Å². The van der Waals surface area contributed by atoms with Gasteiger partial charge in [-0.2, -0.15) is 0 Å². The highest BCUT2D eigenvalue weighted by Crippen LogP contribution is 2.31. The molecular formula is C32H34N6O5S. The fraction of sp³-hybridized carbons (Fsp3) is 0.312. The molecule has 0 saturated carbocycles. The molecule has 0 unspecified atom stereocenters. The number of thiazole rings is 1. The molecule has 3 N–H and O–H groups in total. The Morgan fingerprint density at radius 2 is 1.86 bits per heavy atom. The number of hydrogen-bond acceptors (Lipinski definition) is 8. The van der Waals surface area contributed by atoms with Crippen LogP contribution in [-0.2, 0) is 35.5 Å². The van der Waals surface area contributed by atoms with Crippen LogP contribution in [0.4, 0.5) is 4.79 Å². The number of amides is 4. The second kappa shape index (κ2) is 12.6. The van der Waals surface area contributed by atoms with Gasteiger partial charge in [0, 0.05) is 33.2 Å². The van der Waals surface area contributed by atoms with E-state index in [1.807, 2.05) is 48.5 Å². The SMILES string of the molecule is CN1CC(=O)N2[C@@H](Cc3ccc(O)c(CCO)c3)C(=O)N(Cc3cccc4scnc34)C[C@@H]2N1C(=O)NCc1ccccc1. The molecule has 4 amide bonds. The van der Waals surface area contributed by atoms with Gasteiger partial charge in [-0.15, -0.1) is 11.3 Å². The summed E-state index contributed by atoms with van der Waals surface area (Å²) in [6, 6.07) is 19.2. The monoisotopic (exact) mass is 614 g/mol. The van der Waals surface area contributed by atoms with Crippen LogP contribution in [0.2, 0.25) is 0 Å². The maximum atomic E-state index is 14.2. The number of rotatable bonds is 8. The van der Waals surface area contributed by atoms with E-state index in [4.69, 9.17) is 0 Å². The number of hydrazine groups is 1. The summed E-state index contributed by atoms with van der Waals surface area (Å²) in [6.07, 6.45) is -0.309. The van der Waals surface area contributed by atoms with E-state index < -0.39 is 12.2 Å². The number of hydrogen-bond donors (Lipinski definition) is 3. The van der Waals surface area contributed by atoms with Gasteiger partial charge in [-0.1, -0.05) is 54.6 Å². The van der Waals surface area contributed by atoms with E-state index in [9.17, 15) is 24.6 Å². The molecule has 3 aromatic carbocycles. The molecular weight excluding hydrogens is 580 g/mol. The van der Waals surface area contributed by atoms with Crippen LogP contribution in [0.1, 0.15) is 22.3 Å². The zero-order valence-electron chi connectivity index (χ0n) is 24.3. The maximum Gasteiger partial charge on any atom is 0.334 e. The molecule has 3 heterocycles. The fourth-order valence-corrected chi connectivity index (χ4v) is 6.81. The summed E-state index contributed by atoms with van der Waals surface area (Å²) in [6.45, 7) is 0.493. The molecule has 2 atom stereocenters. The second-order valence-corrected chi connectivity index (χ2v) is 12.0. The third kappa shape index (κ3) is 5.83. The van der Waals surface area contributed by atoms with Crippen LogP contribution in [0.3, 0.4) is 0 Å². The van der Waals surface area contributed by atoms with Gasteiger partial charge in [0.25, 0.3) is 0 Å². The smallest absolute Gasteiger partial charge is 0.334 e. The first-order valence-electron chi connectivity index (χ1n) is 14.5. The number of likely N-dealkylation sites (N-methyl/N-ethyl adjacent to an activating group) is 1. The Morgan fingerprint density at radius 3 is 2.66 bits per heavy atom. The summed E-state index contributed by atoms with van der Waals surface area (Å²) < 4.78 is 1.01. The Labute approximate surface area is 258 Å². The van der Waals surface area contributed by atoms with Crippen molar-refractivity contribution in [3.63, 3.8) is 0 Å². The highest BCUT2D eigenvalue weighted by molar-refractivity contribution is 7.16. The number of carbonyl (C=O) groups is 3. The number of aromatic nitrogens is 1. The van der Waals surface area contributed by atoms with Gasteiger partial charge in [0.2, 0.25) is 11.8 Å². The summed E-state index contributed by atoms with van der Waals surface area (Å²) in [4.78, 5) is 49.4. The van der Waals surface area contributed by atoms with Crippen LogP contribution in [0, 0.1) is 0 Å². The molecule has 2 aliphatic heterocycles. The number of urea groups is 1. The zero-order chi connectivity index (χ0) is 30.8. The lowest BCUT2D eigenvalue weighted by Gasteiger charge is -2.54. The lowest BCUT2D eigenvalue weighted by atomic mass is 9.96. The molecule has 2 saturated heterocycles. The molecule has 0 radical (unpaired) electrons. The summed E-state index contributed by atoms with van der Waals surface area (Å²) in [5, 5.41) is 25.9. The molecule has 1 aromatic heterocycles. The third-order valence-electron chi connectivity index (χ3n) is 8.19. The minimum absolute atomic E-state index is 0.0607. The topological polar surface area (TPSA) is 130 Å². The van der Waals surface area contributed by atoms with Crippen LogP contribution in [0.25, 0.3) is 10.2 Å². The van der Waals surface area contributed by atoms with Crippen molar-refractivity contribution in [1.29, 1.82) is 0 Å². The van der Waals surface area contributed by atoms with Crippen molar-refractivity contribution in [2.45, 2.75) is 38.1 Å². The van der Waals surface area contributed by atoms with Crippen molar-refractivity contribution in [3.8, 4) is 5.75 Å². The van der Waals surface area contributed by atoms with Gasteiger partial charge in [-0.05, 0) is 40.8 Å². The first kappa shape index (κ1) is 29.5. The molecule has 4 aromatic rings. The average Bonchev–Trinajstić information content (AvgIpc) is 3.50. The van der Waals surface area contributed by atoms with E-state index in [1.54, 1.807) is 45.6 Å². The number of phenolic OH excluding ortho intramolecular Hbond substituents is 1. The number of nitrogens with one attached hydrogen (secondary N) is 1. The van der Waals surface area contributed by atoms with E-state index in [1.165, 1.54) is 16.3 Å². The molecule has 0 aliphatic carbocycles. The maximum absolute atomic E-state index is 14.2. The van der Waals surface area contributed by atoms with E-state index in [-0.39, 0.29) is 62.7 Å². The molecule has 44 heavy (non-hydrogen) atoms. The molecule has 0 spiro atoms. The van der Waals surface area contributed by atoms with Gasteiger partial charge in [0.1, 0.15) is 18.0 Å². The van der Waals surface area contributed by atoms with Gasteiger partial charge in [-0.3, -0.25) is 9.59 Å². The van der Waals surface area contributed by atoms with Crippen LogP contribution < -0.4 is 5.32 Å². The zero-order valence-corrected chi connectivity index (χ0v) is 25.1. The molecule has 12 heteroatoms. The minimum atomic E-state index is -0.888. The highest BCUT2D eigenvalue weighted by Gasteiger charge is 2.50. The van der Waals surface area contributed by atoms with Crippen LogP contribution in [0.5, 0.6) is 5.75 Å². The Balaban J connectivity index is 1.34. The number of phenols is 1. The standard InChI is InChI=1S/C32H34N6O5S/c1-35-19-29(41)37-25(15-22-10-11-26(40)23(14-22)12-13-39)31(42)36(17-24-8-5-9-27-30(24)34-20-44-27)18-28(37)38(35)32(43)33-16-21-6-3-2-4-7-21/h2-11,14,20,25,28,39-40H,12-13,15-19H2,1H3,(H,33,43)/t25-,28-/m0/s1. The Morgan fingerprint density at radius 1 is 1.05 bits per heavy atom. The molecule has 6 rings (SSSR count). The average molecular weight is 615 g/mol. The predicted octanol–water partition coefficient (Wildman–Crippen LogP) is 2.72. The van der Waals surface area contributed by atoms with Gasteiger partial charge in [0.15, 0.2) is 0 Å². The molecule has 2 fully saturated rings. The lowest BCUT2D eigenvalue weighted by molar-refractivity contribution is -0.187. The highest BCUT2D eigenvalue weighted by atomic mass is 32.1. The number of carbonyl (C=O) groups excluding carboxylic acids is 3. The normalized spacial score (nSPS) is 19.0. The summed E-state index contributed by atoms with van der Waals surface area (Å²) in [5.41, 5.74) is 5.72. The summed E-state index contributed by atoms with van der Waals surface area (Å²) in [5.74, 6) is -0.419. The number of para-hydroxylation sites is 1. The van der Waals surface area contributed by atoms with Gasteiger partial charge >= 0.3 is 6.03 Å². The number of aliphatic hydroxyl groups is 1. The molecule has 2 aliphatic rings. The van der Waals surface area contributed by atoms with Crippen molar-refractivity contribution in [2.24, 2.45) is 0 Å². The van der Waals surface area contributed by atoms with E-state index in [2.05, 4.69) is 10.3 Å². The quantitative estimate of drug-likeness (QED) is 0.278. The Bertz CT molecular complexity index is 1680. The molecule has 228 valence electrons. The summed E-state index contributed by atoms with van der Waals surface area (Å²) >= 11 is 1.53. The predicted molar refractivity (Wildman–Crippen MR) is 165 cm³/mol. The number of benzene rings is 3. The number of piperazine rings is 1. The van der Waals surface area contributed by atoms with Crippen molar-refractivity contribution < 1.29 is 24.6 Å². The molecule has 11 nitrogen and oxygen atoms in total. The van der Waals surface area contributed by atoms with E-state index in [0.717, 1.165) is 26.9 Å². The van der Waals surface area contributed by atoms with Crippen LogP contribution in [-0.4, -0.2) is 91.8 Å². The minimum Gasteiger partial charge on any atom is -0.508 e. The van der Waals surface area contributed by atoms with Gasteiger partial charge in [0.05, 0.1) is 28.8 Å². The Kier molecular flexibility index (Phi) is 8.47. The van der Waals surface area contributed by atoms with Crippen molar-refractivity contribution in [2.75, 3.05) is 26.7 Å². The first-order valence-corrected chi connectivity index (χ1v) is 15.4. The largest absolute Gasteiger partial charge is 0.508 e. The van der Waals surface area contributed by atoms with E-state index >= 15 is 0 Å².